The molecule has 3 aromatic rings. The predicted octanol–water partition coefficient (Wildman–Crippen LogP) is 2.91. The summed E-state index contributed by atoms with van der Waals surface area (Å²) in [7, 11) is 1.93. The van der Waals surface area contributed by atoms with Gasteiger partial charge in [-0.05, 0) is 24.6 Å². The number of nitrogens with zero attached hydrogens (tertiary/aromatic N) is 4. The second-order valence-corrected chi connectivity index (χ2v) is 5.45. The smallest absolute Gasteiger partial charge is 0.111 e. The monoisotopic (exact) mass is 288 g/mol. The van der Waals surface area contributed by atoms with Crippen molar-refractivity contribution in [3.63, 3.8) is 0 Å². The zero-order valence-corrected chi connectivity index (χ0v) is 12.4. The number of aryl methyl sites for hydroxylation is 3. The lowest BCUT2D eigenvalue weighted by atomic mass is 10.2. The summed E-state index contributed by atoms with van der Waals surface area (Å²) in [6, 6.07) is 6.37. The van der Waals surface area contributed by atoms with Crippen LogP contribution in [0.4, 0.5) is 0 Å². The molecule has 2 aromatic heterocycles. The molecule has 2 heterocycles. The van der Waals surface area contributed by atoms with Gasteiger partial charge in [0.2, 0.25) is 0 Å². The van der Waals surface area contributed by atoms with E-state index >= 15 is 0 Å². The molecular formula is C15H17ClN4. The maximum Gasteiger partial charge on any atom is 0.111 e. The van der Waals surface area contributed by atoms with Gasteiger partial charge >= 0.3 is 0 Å². The molecule has 0 N–H and O–H groups in total. The van der Waals surface area contributed by atoms with Crippen LogP contribution in [-0.2, 0) is 20.0 Å². The fourth-order valence-electron chi connectivity index (χ4n) is 2.48. The Morgan fingerprint density at radius 3 is 2.85 bits per heavy atom. The minimum Gasteiger partial charge on any atom is -0.323 e. The summed E-state index contributed by atoms with van der Waals surface area (Å²) in [5, 5.41) is 4.22. The van der Waals surface area contributed by atoms with Gasteiger partial charge < -0.3 is 4.57 Å². The highest BCUT2D eigenvalue weighted by Crippen LogP contribution is 2.20. The summed E-state index contributed by atoms with van der Waals surface area (Å²) in [6.07, 6.45) is 4.70. The number of hydrogen-bond donors (Lipinski definition) is 0. The fraction of sp³-hybridized carbons (Fsp3) is 0.333. The van der Waals surface area contributed by atoms with Crippen molar-refractivity contribution >= 4 is 22.6 Å². The van der Waals surface area contributed by atoms with Crippen molar-refractivity contribution in [2.45, 2.75) is 19.9 Å². The van der Waals surface area contributed by atoms with Crippen LogP contribution < -0.4 is 0 Å². The van der Waals surface area contributed by atoms with E-state index in [0.717, 1.165) is 29.8 Å². The molecule has 0 saturated heterocycles. The van der Waals surface area contributed by atoms with Crippen molar-refractivity contribution in [1.29, 1.82) is 0 Å². The molecule has 0 radical (unpaired) electrons. The van der Waals surface area contributed by atoms with Gasteiger partial charge in [-0.15, -0.1) is 11.6 Å². The van der Waals surface area contributed by atoms with E-state index in [1.807, 2.05) is 24.1 Å². The number of alkyl halides is 1. The Balaban J connectivity index is 2.08. The number of rotatable bonds is 4. The Kier molecular flexibility index (Phi) is 3.49. The molecule has 0 aliphatic heterocycles. The third-order valence-electron chi connectivity index (χ3n) is 3.40. The van der Waals surface area contributed by atoms with Crippen molar-refractivity contribution in [3.8, 4) is 0 Å². The van der Waals surface area contributed by atoms with Crippen LogP contribution in [0, 0.1) is 6.92 Å². The van der Waals surface area contributed by atoms with Crippen LogP contribution in [0.15, 0.2) is 30.6 Å². The van der Waals surface area contributed by atoms with Gasteiger partial charge in [-0.3, -0.25) is 4.68 Å². The van der Waals surface area contributed by atoms with Gasteiger partial charge in [0.25, 0.3) is 0 Å². The van der Waals surface area contributed by atoms with Crippen molar-refractivity contribution < 1.29 is 0 Å². The summed E-state index contributed by atoms with van der Waals surface area (Å²) in [5.74, 6) is 1.61. The molecule has 0 saturated carbocycles. The van der Waals surface area contributed by atoms with Crippen LogP contribution in [0.5, 0.6) is 0 Å². The van der Waals surface area contributed by atoms with Crippen molar-refractivity contribution in [2.75, 3.05) is 5.88 Å². The minimum absolute atomic E-state index is 0.579. The van der Waals surface area contributed by atoms with Gasteiger partial charge in [0.05, 0.1) is 23.8 Å². The Hall–Kier alpha value is -1.81. The SMILES string of the molecule is Cc1ccc2c(c1)nc(CCCl)n2Cc1cnn(C)c1. The molecule has 5 heteroatoms. The average molecular weight is 289 g/mol. The molecule has 4 nitrogen and oxygen atoms in total. The van der Waals surface area contributed by atoms with E-state index in [2.05, 4.69) is 34.8 Å². The van der Waals surface area contributed by atoms with Gasteiger partial charge in [-0.2, -0.15) is 5.10 Å². The number of benzene rings is 1. The Labute approximate surface area is 123 Å². The highest BCUT2D eigenvalue weighted by atomic mass is 35.5. The molecule has 3 rings (SSSR count). The third-order valence-corrected chi connectivity index (χ3v) is 3.59. The van der Waals surface area contributed by atoms with E-state index in [0.29, 0.717) is 5.88 Å². The zero-order valence-electron chi connectivity index (χ0n) is 11.7. The largest absolute Gasteiger partial charge is 0.323 e. The highest BCUT2D eigenvalue weighted by Gasteiger charge is 2.11. The molecule has 0 spiro atoms. The van der Waals surface area contributed by atoms with E-state index in [9.17, 15) is 0 Å². The molecule has 0 aliphatic carbocycles. The van der Waals surface area contributed by atoms with Crippen molar-refractivity contribution in [1.82, 2.24) is 19.3 Å². The number of hydrogen-bond acceptors (Lipinski definition) is 2. The maximum absolute atomic E-state index is 5.90. The van der Waals surface area contributed by atoms with Gasteiger partial charge in [0, 0.05) is 31.1 Å². The normalized spacial score (nSPS) is 11.3. The summed E-state index contributed by atoms with van der Waals surface area (Å²) >= 11 is 5.90. The first kappa shape index (κ1) is 13.2. The Morgan fingerprint density at radius 1 is 1.30 bits per heavy atom. The summed E-state index contributed by atoms with van der Waals surface area (Å²) in [6.45, 7) is 2.86. The van der Waals surface area contributed by atoms with E-state index < -0.39 is 0 Å². The van der Waals surface area contributed by atoms with Gasteiger partial charge in [-0.1, -0.05) is 6.07 Å². The van der Waals surface area contributed by atoms with Crippen LogP contribution in [0.25, 0.3) is 11.0 Å². The number of aromatic nitrogens is 4. The standard InChI is InChI=1S/C15H17ClN4/c1-11-3-4-14-13(7-11)18-15(5-6-16)20(14)10-12-8-17-19(2)9-12/h3-4,7-9H,5-6,10H2,1-2H3. The molecular weight excluding hydrogens is 272 g/mol. The third kappa shape index (κ3) is 2.43. The second-order valence-electron chi connectivity index (χ2n) is 5.07. The summed E-state index contributed by atoms with van der Waals surface area (Å²) in [4.78, 5) is 4.72. The van der Waals surface area contributed by atoms with Crippen LogP contribution in [-0.4, -0.2) is 25.2 Å². The molecule has 0 aliphatic rings. The van der Waals surface area contributed by atoms with E-state index in [-0.39, 0.29) is 0 Å². The Bertz CT molecular complexity index is 741. The van der Waals surface area contributed by atoms with Gasteiger partial charge in [-0.25, -0.2) is 4.98 Å². The molecule has 0 amide bonds. The molecule has 104 valence electrons. The first-order chi connectivity index (χ1) is 9.67. The lowest BCUT2D eigenvalue weighted by Gasteiger charge is -2.07. The van der Waals surface area contributed by atoms with Crippen LogP contribution in [0.2, 0.25) is 0 Å². The number of imidazole rings is 1. The van der Waals surface area contributed by atoms with Crippen molar-refractivity contribution in [2.24, 2.45) is 7.05 Å². The molecule has 0 fully saturated rings. The predicted molar refractivity (Wildman–Crippen MR) is 81.2 cm³/mol. The maximum atomic E-state index is 5.90. The number of fused-ring (bicyclic) bond motifs is 1. The number of halogens is 1. The van der Waals surface area contributed by atoms with Crippen LogP contribution >= 0.6 is 11.6 Å². The van der Waals surface area contributed by atoms with E-state index in [4.69, 9.17) is 16.6 Å². The van der Waals surface area contributed by atoms with Crippen LogP contribution in [0.3, 0.4) is 0 Å². The van der Waals surface area contributed by atoms with E-state index in [1.165, 1.54) is 11.1 Å². The fourth-order valence-corrected chi connectivity index (χ4v) is 2.65. The van der Waals surface area contributed by atoms with Gasteiger partial charge in [0.15, 0.2) is 0 Å². The lowest BCUT2D eigenvalue weighted by molar-refractivity contribution is 0.747. The van der Waals surface area contributed by atoms with Crippen molar-refractivity contribution in [3.05, 3.63) is 47.5 Å². The second kappa shape index (κ2) is 5.29. The summed E-state index contributed by atoms with van der Waals surface area (Å²) < 4.78 is 4.05. The molecule has 20 heavy (non-hydrogen) atoms. The van der Waals surface area contributed by atoms with Gasteiger partial charge in [0.1, 0.15) is 5.82 Å². The quantitative estimate of drug-likeness (QED) is 0.692. The molecule has 0 atom stereocenters. The highest BCUT2D eigenvalue weighted by molar-refractivity contribution is 6.17. The topological polar surface area (TPSA) is 35.6 Å². The molecule has 0 bridgehead atoms. The lowest BCUT2D eigenvalue weighted by Crippen LogP contribution is -2.05. The average Bonchev–Trinajstić information content (AvgIpc) is 2.95. The van der Waals surface area contributed by atoms with Crippen LogP contribution in [0.1, 0.15) is 17.0 Å². The minimum atomic E-state index is 0.579. The summed E-state index contributed by atoms with van der Waals surface area (Å²) in [5.41, 5.74) is 4.58. The molecule has 1 aromatic carbocycles. The first-order valence-electron chi connectivity index (χ1n) is 6.66. The molecule has 0 unspecified atom stereocenters. The zero-order chi connectivity index (χ0) is 14.1. The van der Waals surface area contributed by atoms with E-state index in [1.54, 1.807) is 0 Å². The first-order valence-corrected chi connectivity index (χ1v) is 7.20. The Morgan fingerprint density at radius 2 is 2.15 bits per heavy atom.